The van der Waals surface area contributed by atoms with Gasteiger partial charge in [0.15, 0.2) is 0 Å². The topological polar surface area (TPSA) is 32.6 Å². The van der Waals surface area contributed by atoms with Gasteiger partial charge in [-0.3, -0.25) is 4.99 Å². The van der Waals surface area contributed by atoms with Gasteiger partial charge in [-0.25, -0.2) is 0 Å². The molecule has 7 unspecified atom stereocenters. The average Bonchev–Trinajstić information content (AvgIpc) is 3.06. The van der Waals surface area contributed by atoms with E-state index in [1.165, 1.54) is 64.2 Å². The molecule has 3 aliphatic carbocycles. The first kappa shape index (κ1) is 20.9. The largest absolute Gasteiger partial charge is 0.396 e. The van der Waals surface area contributed by atoms with Crippen molar-refractivity contribution in [2.75, 3.05) is 6.61 Å². The van der Waals surface area contributed by atoms with Crippen molar-refractivity contribution >= 4 is 6.72 Å². The lowest BCUT2D eigenvalue weighted by atomic mass is 9.51. The molecule has 0 amide bonds. The third-order valence-corrected chi connectivity index (χ3v) is 8.38. The van der Waals surface area contributed by atoms with Gasteiger partial charge in [-0.05, 0) is 74.8 Å². The fourth-order valence-electron chi connectivity index (χ4n) is 6.88. The first-order chi connectivity index (χ1) is 13.2. The molecule has 0 aliphatic heterocycles. The summed E-state index contributed by atoms with van der Waals surface area (Å²) in [6.07, 6.45) is 21.5. The maximum Gasteiger partial charge on any atom is 0.0542 e. The number of nitrogens with zero attached hydrogens (tertiary/aromatic N) is 1. The highest BCUT2D eigenvalue weighted by atomic mass is 16.3. The van der Waals surface area contributed by atoms with Gasteiger partial charge in [0.05, 0.1) is 6.04 Å². The van der Waals surface area contributed by atoms with E-state index >= 15 is 0 Å². The highest BCUT2D eigenvalue weighted by Gasteiger charge is 2.54. The molecule has 0 aromatic heterocycles. The van der Waals surface area contributed by atoms with E-state index in [-0.39, 0.29) is 18.6 Å². The Kier molecular flexibility index (Phi) is 7.83. The maximum atomic E-state index is 10.0. The molecular weight excluding hydrogens is 330 g/mol. The normalized spacial score (nSPS) is 36.8. The molecule has 2 bridgehead atoms. The molecule has 3 fully saturated rings. The Morgan fingerprint density at radius 1 is 1.15 bits per heavy atom. The van der Waals surface area contributed by atoms with E-state index in [1.54, 1.807) is 0 Å². The van der Waals surface area contributed by atoms with Crippen molar-refractivity contribution in [2.45, 2.75) is 90.0 Å². The molecule has 0 aromatic carbocycles. The zero-order valence-corrected chi connectivity index (χ0v) is 17.5. The SMILES string of the molecule is C#CC1C2CCC3CCC(C3)C2[C@H]1CCC(CO)C(CCCCCC)N=C. The lowest BCUT2D eigenvalue weighted by Gasteiger charge is -2.53. The summed E-state index contributed by atoms with van der Waals surface area (Å²) in [5, 5.41) is 10.0. The fourth-order valence-corrected chi connectivity index (χ4v) is 6.88. The van der Waals surface area contributed by atoms with Gasteiger partial charge in [-0.15, -0.1) is 12.3 Å². The number of unbranched alkanes of at least 4 members (excludes halogenated alkanes) is 3. The van der Waals surface area contributed by atoms with E-state index < -0.39 is 0 Å². The van der Waals surface area contributed by atoms with Crippen LogP contribution in [-0.4, -0.2) is 24.5 Å². The Hall–Kier alpha value is -0.810. The summed E-state index contributed by atoms with van der Waals surface area (Å²) in [7, 11) is 0. The van der Waals surface area contributed by atoms with Crippen molar-refractivity contribution in [3.05, 3.63) is 0 Å². The third kappa shape index (κ3) is 4.61. The quantitative estimate of drug-likeness (QED) is 0.280. The van der Waals surface area contributed by atoms with Crippen molar-refractivity contribution in [3.63, 3.8) is 0 Å². The van der Waals surface area contributed by atoms with Crippen LogP contribution < -0.4 is 0 Å². The zero-order chi connectivity index (χ0) is 19.2. The van der Waals surface area contributed by atoms with E-state index in [0.717, 1.165) is 36.5 Å². The summed E-state index contributed by atoms with van der Waals surface area (Å²) >= 11 is 0. The first-order valence-corrected chi connectivity index (χ1v) is 11.8. The van der Waals surface area contributed by atoms with Crippen LogP contribution in [0.3, 0.4) is 0 Å². The third-order valence-electron chi connectivity index (χ3n) is 8.38. The van der Waals surface area contributed by atoms with Gasteiger partial charge in [0.1, 0.15) is 0 Å². The predicted molar refractivity (Wildman–Crippen MR) is 115 cm³/mol. The first-order valence-electron chi connectivity index (χ1n) is 11.8. The van der Waals surface area contributed by atoms with Crippen LogP contribution in [0.1, 0.15) is 84.0 Å². The standard InChI is InChI=1S/C25H41NO/c1-4-6-7-8-9-24(26-3)20(17-27)13-15-23-21(5-2)22-14-11-18-10-12-19(16-18)25(22)23/h2,18-25,27H,3-4,6-17H2,1H3/t18?,19?,20?,21?,22?,23-,24?,25?/m0/s1. The molecule has 3 rings (SSSR count). The number of terminal acetylenes is 1. The number of aliphatic hydroxyl groups excluding tert-OH is 1. The zero-order valence-electron chi connectivity index (χ0n) is 17.5. The van der Waals surface area contributed by atoms with E-state index in [9.17, 15) is 5.11 Å². The number of rotatable bonds is 11. The molecule has 3 saturated carbocycles. The van der Waals surface area contributed by atoms with E-state index in [4.69, 9.17) is 6.42 Å². The molecule has 0 radical (unpaired) electrons. The van der Waals surface area contributed by atoms with Crippen molar-refractivity contribution < 1.29 is 5.11 Å². The smallest absolute Gasteiger partial charge is 0.0542 e. The summed E-state index contributed by atoms with van der Waals surface area (Å²) in [5.74, 6) is 8.22. The molecular formula is C25H41NO. The Labute approximate surface area is 167 Å². The van der Waals surface area contributed by atoms with Crippen LogP contribution in [0.25, 0.3) is 0 Å². The minimum atomic E-state index is 0.219. The van der Waals surface area contributed by atoms with Crippen molar-refractivity contribution in [1.29, 1.82) is 0 Å². The van der Waals surface area contributed by atoms with E-state index in [0.29, 0.717) is 11.8 Å². The van der Waals surface area contributed by atoms with Gasteiger partial charge in [-0.2, -0.15) is 0 Å². The molecule has 0 heterocycles. The highest BCUT2D eigenvalue weighted by Crippen LogP contribution is 2.60. The number of hydrogen-bond donors (Lipinski definition) is 1. The Bertz CT molecular complexity index is 509. The van der Waals surface area contributed by atoms with Crippen LogP contribution in [0, 0.1) is 53.8 Å². The van der Waals surface area contributed by atoms with Gasteiger partial charge < -0.3 is 5.11 Å². The van der Waals surface area contributed by atoms with Crippen LogP contribution in [0.4, 0.5) is 0 Å². The van der Waals surface area contributed by atoms with Crippen molar-refractivity contribution in [1.82, 2.24) is 0 Å². The second-order valence-corrected chi connectivity index (χ2v) is 9.73. The summed E-state index contributed by atoms with van der Waals surface area (Å²) in [6, 6.07) is 0.219. The molecule has 2 heteroatoms. The summed E-state index contributed by atoms with van der Waals surface area (Å²) in [4.78, 5) is 4.40. The minimum absolute atomic E-state index is 0.219. The molecule has 0 spiro atoms. The van der Waals surface area contributed by atoms with Crippen LogP contribution >= 0.6 is 0 Å². The molecule has 2 nitrogen and oxygen atoms in total. The Morgan fingerprint density at radius 3 is 2.67 bits per heavy atom. The molecule has 1 N–H and O–H groups in total. The number of hydrogen-bond acceptors (Lipinski definition) is 2. The van der Waals surface area contributed by atoms with Crippen molar-refractivity contribution in [2.24, 2.45) is 46.4 Å². The second-order valence-electron chi connectivity index (χ2n) is 9.73. The lowest BCUT2D eigenvalue weighted by Crippen LogP contribution is -2.49. The van der Waals surface area contributed by atoms with Crippen molar-refractivity contribution in [3.8, 4) is 12.3 Å². The molecule has 0 aromatic rings. The molecule has 8 atom stereocenters. The Morgan fingerprint density at radius 2 is 1.96 bits per heavy atom. The Balaban J connectivity index is 1.54. The molecule has 3 aliphatic rings. The lowest BCUT2D eigenvalue weighted by molar-refractivity contribution is -0.0368. The highest BCUT2D eigenvalue weighted by molar-refractivity contribution is 5.24. The molecule has 0 saturated heterocycles. The summed E-state index contributed by atoms with van der Waals surface area (Å²) < 4.78 is 0. The summed E-state index contributed by atoms with van der Waals surface area (Å²) in [5.41, 5.74) is 0. The summed E-state index contributed by atoms with van der Waals surface area (Å²) in [6.45, 7) is 6.32. The van der Waals surface area contributed by atoms with E-state index in [2.05, 4.69) is 24.6 Å². The second kappa shape index (κ2) is 10.1. The van der Waals surface area contributed by atoms with Gasteiger partial charge in [-0.1, -0.05) is 45.4 Å². The number of fused-ring (bicyclic) bond motifs is 4. The van der Waals surface area contributed by atoms with Gasteiger partial charge in [0.2, 0.25) is 0 Å². The predicted octanol–water partition coefficient (Wildman–Crippen LogP) is 5.74. The van der Waals surface area contributed by atoms with Crippen LogP contribution in [0.15, 0.2) is 4.99 Å². The van der Waals surface area contributed by atoms with Gasteiger partial charge in [0.25, 0.3) is 0 Å². The molecule has 152 valence electrons. The maximum absolute atomic E-state index is 10.0. The fraction of sp³-hybridized carbons (Fsp3) is 0.880. The number of aliphatic hydroxyl groups is 1. The number of aliphatic imine (C=N–C) groups is 1. The van der Waals surface area contributed by atoms with Crippen LogP contribution in [0.5, 0.6) is 0 Å². The monoisotopic (exact) mass is 371 g/mol. The van der Waals surface area contributed by atoms with Gasteiger partial charge >= 0.3 is 0 Å². The van der Waals surface area contributed by atoms with Crippen LogP contribution in [0.2, 0.25) is 0 Å². The average molecular weight is 372 g/mol. The van der Waals surface area contributed by atoms with Crippen LogP contribution in [-0.2, 0) is 0 Å². The minimum Gasteiger partial charge on any atom is -0.396 e. The van der Waals surface area contributed by atoms with Gasteiger partial charge in [0, 0.05) is 18.4 Å². The van der Waals surface area contributed by atoms with E-state index in [1.807, 2.05) is 0 Å². The molecule has 27 heavy (non-hydrogen) atoms.